The molecule has 0 aliphatic carbocycles. The SMILES string of the molecule is Nc1nc(OCCCc2ccncc2)c2cn[nH]c2n1. The predicted octanol–water partition coefficient (Wildman–Crippen LogP) is 1.34. The molecule has 0 amide bonds. The van der Waals surface area contributed by atoms with Gasteiger partial charge < -0.3 is 10.5 Å². The van der Waals surface area contributed by atoms with Gasteiger partial charge in [0.1, 0.15) is 5.39 Å². The van der Waals surface area contributed by atoms with Crippen molar-refractivity contribution in [3.63, 3.8) is 0 Å². The standard InChI is InChI=1S/C13H14N6O/c14-13-17-11-10(8-16-19-11)12(18-13)20-7-1-2-9-3-5-15-6-4-9/h3-6,8H,1-2,7H2,(H3,14,16,17,18,19). The molecule has 0 unspecified atom stereocenters. The summed E-state index contributed by atoms with van der Waals surface area (Å²) < 4.78 is 5.67. The van der Waals surface area contributed by atoms with Crippen molar-refractivity contribution in [2.45, 2.75) is 12.8 Å². The maximum absolute atomic E-state index is 5.67. The monoisotopic (exact) mass is 270 g/mol. The minimum Gasteiger partial charge on any atom is -0.477 e. The van der Waals surface area contributed by atoms with E-state index in [0.717, 1.165) is 18.2 Å². The van der Waals surface area contributed by atoms with E-state index in [1.807, 2.05) is 12.1 Å². The van der Waals surface area contributed by atoms with Gasteiger partial charge in [-0.1, -0.05) is 0 Å². The lowest BCUT2D eigenvalue weighted by Gasteiger charge is -2.06. The number of hydrogen-bond donors (Lipinski definition) is 2. The fourth-order valence-electron chi connectivity index (χ4n) is 1.93. The van der Waals surface area contributed by atoms with Gasteiger partial charge in [-0.05, 0) is 30.5 Å². The van der Waals surface area contributed by atoms with E-state index in [9.17, 15) is 0 Å². The number of aromatic amines is 1. The second-order valence-electron chi connectivity index (χ2n) is 4.33. The molecule has 0 fully saturated rings. The molecule has 3 N–H and O–H groups in total. The summed E-state index contributed by atoms with van der Waals surface area (Å²) in [5.74, 6) is 0.641. The van der Waals surface area contributed by atoms with Gasteiger partial charge in [0.15, 0.2) is 5.65 Å². The Bertz CT molecular complexity index is 696. The van der Waals surface area contributed by atoms with Gasteiger partial charge in [0.05, 0.1) is 12.8 Å². The topological polar surface area (TPSA) is 103 Å². The predicted molar refractivity (Wildman–Crippen MR) is 74.1 cm³/mol. The highest BCUT2D eigenvalue weighted by Crippen LogP contribution is 2.21. The Morgan fingerprint density at radius 3 is 2.90 bits per heavy atom. The Balaban J connectivity index is 1.61. The number of pyridine rings is 1. The van der Waals surface area contributed by atoms with Crippen molar-refractivity contribution in [2.24, 2.45) is 0 Å². The summed E-state index contributed by atoms with van der Waals surface area (Å²) in [6, 6.07) is 3.99. The van der Waals surface area contributed by atoms with Crippen molar-refractivity contribution >= 4 is 17.0 Å². The van der Waals surface area contributed by atoms with Gasteiger partial charge in [0.25, 0.3) is 0 Å². The van der Waals surface area contributed by atoms with Crippen LogP contribution in [0.2, 0.25) is 0 Å². The molecule has 0 radical (unpaired) electrons. The number of anilines is 1. The molecule has 3 aromatic heterocycles. The minimum absolute atomic E-state index is 0.172. The molecule has 0 atom stereocenters. The van der Waals surface area contributed by atoms with Crippen molar-refractivity contribution in [1.82, 2.24) is 25.1 Å². The largest absolute Gasteiger partial charge is 0.477 e. The summed E-state index contributed by atoms with van der Waals surface area (Å²) in [7, 11) is 0. The quantitative estimate of drug-likeness (QED) is 0.678. The number of ether oxygens (including phenoxy) is 1. The van der Waals surface area contributed by atoms with Gasteiger partial charge in [-0.2, -0.15) is 15.1 Å². The summed E-state index contributed by atoms with van der Waals surface area (Å²) in [5.41, 5.74) is 7.44. The molecule has 0 aliphatic heterocycles. The van der Waals surface area contributed by atoms with Crippen LogP contribution in [-0.4, -0.2) is 31.8 Å². The first kappa shape index (κ1) is 12.3. The molecular weight excluding hydrogens is 256 g/mol. The Labute approximate surface area is 115 Å². The van der Waals surface area contributed by atoms with Crippen LogP contribution in [-0.2, 0) is 6.42 Å². The van der Waals surface area contributed by atoms with Crippen LogP contribution in [0.5, 0.6) is 5.88 Å². The Morgan fingerprint density at radius 1 is 1.20 bits per heavy atom. The Hall–Kier alpha value is -2.70. The van der Waals surface area contributed by atoms with Crippen LogP contribution in [0.15, 0.2) is 30.7 Å². The number of nitrogens with zero attached hydrogens (tertiary/aromatic N) is 4. The molecule has 0 aliphatic rings. The zero-order valence-corrected chi connectivity index (χ0v) is 10.8. The van der Waals surface area contributed by atoms with Crippen molar-refractivity contribution in [3.05, 3.63) is 36.3 Å². The zero-order valence-electron chi connectivity index (χ0n) is 10.8. The number of rotatable bonds is 5. The molecule has 7 heteroatoms. The number of aryl methyl sites for hydroxylation is 1. The summed E-state index contributed by atoms with van der Waals surface area (Å²) in [6.45, 7) is 0.555. The van der Waals surface area contributed by atoms with Gasteiger partial charge in [0.2, 0.25) is 11.8 Å². The van der Waals surface area contributed by atoms with E-state index < -0.39 is 0 Å². The fraction of sp³-hybridized carbons (Fsp3) is 0.231. The lowest BCUT2D eigenvalue weighted by atomic mass is 10.1. The molecule has 7 nitrogen and oxygen atoms in total. The van der Waals surface area contributed by atoms with Crippen LogP contribution in [0.25, 0.3) is 11.0 Å². The van der Waals surface area contributed by atoms with Gasteiger partial charge in [-0.25, -0.2) is 0 Å². The fourth-order valence-corrected chi connectivity index (χ4v) is 1.93. The third-order valence-electron chi connectivity index (χ3n) is 2.89. The van der Waals surface area contributed by atoms with E-state index >= 15 is 0 Å². The molecule has 0 saturated carbocycles. The summed E-state index contributed by atoms with van der Waals surface area (Å²) in [6.07, 6.45) is 7.02. The van der Waals surface area contributed by atoms with E-state index in [4.69, 9.17) is 10.5 Å². The lowest BCUT2D eigenvalue weighted by Crippen LogP contribution is -2.04. The first-order chi connectivity index (χ1) is 9.83. The third kappa shape index (κ3) is 2.66. The average Bonchev–Trinajstić information content (AvgIpc) is 2.92. The zero-order chi connectivity index (χ0) is 13.8. The molecule has 0 bridgehead atoms. The Kier molecular flexibility index (Phi) is 3.40. The number of fused-ring (bicyclic) bond motifs is 1. The van der Waals surface area contributed by atoms with Gasteiger partial charge >= 0.3 is 0 Å². The average molecular weight is 270 g/mol. The van der Waals surface area contributed by atoms with E-state index in [0.29, 0.717) is 18.1 Å². The van der Waals surface area contributed by atoms with Crippen molar-refractivity contribution in [1.29, 1.82) is 0 Å². The van der Waals surface area contributed by atoms with Crippen LogP contribution < -0.4 is 10.5 Å². The molecule has 0 spiro atoms. The van der Waals surface area contributed by atoms with Crippen LogP contribution >= 0.6 is 0 Å². The van der Waals surface area contributed by atoms with Crippen LogP contribution in [0.1, 0.15) is 12.0 Å². The maximum Gasteiger partial charge on any atom is 0.229 e. The maximum atomic E-state index is 5.67. The van der Waals surface area contributed by atoms with Gasteiger partial charge in [0, 0.05) is 12.4 Å². The lowest BCUT2D eigenvalue weighted by molar-refractivity contribution is 0.303. The minimum atomic E-state index is 0.172. The molecule has 20 heavy (non-hydrogen) atoms. The highest BCUT2D eigenvalue weighted by Gasteiger charge is 2.08. The van der Waals surface area contributed by atoms with Crippen LogP contribution in [0.3, 0.4) is 0 Å². The van der Waals surface area contributed by atoms with Crippen molar-refractivity contribution in [3.8, 4) is 5.88 Å². The van der Waals surface area contributed by atoms with E-state index in [2.05, 4.69) is 25.1 Å². The molecule has 0 aromatic carbocycles. The van der Waals surface area contributed by atoms with Gasteiger partial charge in [-0.15, -0.1) is 0 Å². The normalized spacial score (nSPS) is 10.8. The molecule has 0 saturated heterocycles. The molecule has 3 heterocycles. The molecular formula is C13H14N6O. The summed E-state index contributed by atoms with van der Waals surface area (Å²) in [5, 5.41) is 7.40. The molecule has 3 aromatic rings. The number of nitrogen functional groups attached to an aromatic ring is 1. The number of nitrogens with two attached hydrogens (primary N) is 1. The Morgan fingerprint density at radius 2 is 2.05 bits per heavy atom. The first-order valence-corrected chi connectivity index (χ1v) is 6.31. The number of aromatic nitrogens is 5. The van der Waals surface area contributed by atoms with E-state index in [1.165, 1.54) is 5.56 Å². The highest BCUT2D eigenvalue weighted by molar-refractivity contribution is 5.80. The number of hydrogen-bond acceptors (Lipinski definition) is 6. The molecule has 3 rings (SSSR count). The van der Waals surface area contributed by atoms with Crippen molar-refractivity contribution in [2.75, 3.05) is 12.3 Å². The summed E-state index contributed by atoms with van der Waals surface area (Å²) >= 11 is 0. The highest BCUT2D eigenvalue weighted by atomic mass is 16.5. The van der Waals surface area contributed by atoms with Gasteiger partial charge in [-0.3, -0.25) is 10.1 Å². The molecule has 102 valence electrons. The summed E-state index contributed by atoms with van der Waals surface area (Å²) in [4.78, 5) is 12.1. The second-order valence-corrected chi connectivity index (χ2v) is 4.33. The van der Waals surface area contributed by atoms with E-state index in [1.54, 1.807) is 18.6 Å². The second kappa shape index (κ2) is 5.52. The smallest absolute Gasteiger partial charge is 0.229 e. The number of H-pyrrole nitrogens is 1. The van der Waals surface area contributed by atoms with E-state index in [-0.39, 0.29) is 5.95 Å². The van der Waals surface area contributed by atoms with Crippen molar-refractivity contribution < 1.29 is 4.74 Å². The van der Waals surface area contributed by atoms with Crippen LogP contribution in [0.4, 0.5) is 5.95 Å². The number of nitrogens with one attached hydrogen (secondary N) is 1. The first-order valence-electron chi connectivity index (χ1n) is 6.31. The third-order valence-corrected chi connectivity index (χ3v) is 2.89. The van der Waals surface area contributed by atoms with Crippen LogP contribution in [0, 0.1) is 0 Å².